The Kier molecular flexibility index (Phi) is 12.2. The van der Waals surface area contributed by atoms with Gasteiger partial charge in [0.05, 0.1) is 19.1 Å². The van der Waals surface area contributed by atoms with E-state index in [1.807, 2.05) is 32.0 Å². The average molecular weight is 552 g/mol. The summed E-state index contributed by atoms with van der Waals surface area (Å²) in [6, 6.07) is 13.3. The summed E-state index contributed by atoms with van der Waals surface area (Å²) in [5, 5.41) is 3.45. The van der Waals surface area contributed by atoms with Crippen LogP contribution >= 0.6 is 11.6 Å². The Balaban J connectivity index is 2.22. The molecular formula is C27H38ClN3O5S. The van der Waals surface area contributed by atoms with Crippen LogP contribution in [-0.4, -0.2) is 57.6 Å². The number of carbonyl (C=O) groups excluding carboxylic acids is 2. The Morgan fingerprint density at radius 2 is 1.81 bits per heavy atom. The topological polar surface area (TPSA) is 96.0 Å². The molecule has 0 radical (unpaired) electrons. The van der Waals surface area contributed by atoms with E-state index in [9.17, 15) is 18.0 Å². The normalized spacial score (nSPS) is 12.0. The standard InChI is InChI=1S/C27H38ClN3O5S/c1-5-7-17-29-27(33)25(6-2)30(20-21-12-8-9-15-24(21)28)26(32)16-11-18-31(37(4,34)35)22-13-10-14-23(19-22)36-3/h8-10,12-15,19,25H,5-7,11,16-18,20H2,1-4H3,(H,29,33)/t25-/m0/s1. The molecule has 0 saturated carbocycles. The first kappa shape index (κ1) is 30.4. The fraction of sp³-hybridized carbons (Fsp3) is 0.481. The van der Waals surface area contributed by atoms with E-state index in [1.54, 1.807) is 35.2 Å². The van der Waals surface area contributed by atoms with E-state index in [0.29, 0.717) is 29.4 Å². The fourth-order valence-electron chi connectivity index (χ4n) is 4.01. The second kappa shape index (κ2) is 14.8. The van der Waals surface area contributed by atoms with Gasteiger partial charge in [-0.1, -0.05) is 56.1 Å². The number of nitrogens with zero attached hydrogens (tertiary/aromatic N) is 2. The molecule has 0 fully saturated rings. The van der Waals surface area contributed by atoms with Gasteiger partial charge in [-0.25, -0.2) is 8.42 Å². The van der Waals surface area contributed by atoms with Crippen molar-refractivity contribution in [1.82, 2.24) is 10.2 Å². The zero-order valence-electron chi connectivity index (χ0n) is 22.1. The van der Waals surface area contributed by atoms with Crippen LogP contribution in [0.25, 0.3) is 0 Å². The van der Waals surface area contributed by atoms with Crippen molar-refractivity contribution in [2.24, 2.45) is 0 Å². The van der Waals surface area contributed by atoms with Crippen molar-refractivity contribution in [2.75, 3.05) is 30.8 Å². The second-order valence-corrected chi connectivity index (χ2v) is 11.1. The summed E-state index contributed by atoms with van der Waals surface area (Å²) in [5.74, 6) is 0.0926. The third kappa shape index (κ3) is 9.23. The molecule has 2 aromatic rings. The van der Waals surface area contributed by atoms with Crippen LogP contribution < -0.4 is 14.4 Å². The molecule has 2 aromatic carbocycles. The minimum Gasteiger partial charge on any atom is -0.497 e. The number of carbonyl (C=O) groups is 2. The largest absolute Gasteiger partial charge is 0.497 e. The third-order valence-electron chi connectivity index (χ3n) is 6.01. The van der Waals surface area contributed by atoms with Gasteiger partial charge in [0, 0.05) is 37.1 Å². The molecule has 8 nitrogen and oxygen atoms in total. The van der Waals surface area contributed by atoms with Crippen LogP contribution in [0, 0.1) is 0 Å². The molecule has 0 aliphatic rings. The zero-order chi connectivity index (χ0) is 27.4. The van der Waals surface area contributed by atoms with Crippen LogP contribution in [0.5, 0.6) is 5.75 Å². The van der Waals surface area contributed by atoms with Gasteiger partial charge in [-0.2, -0.15) is 0 Å². The Hall–Kier alpha value is -2.78. The first-order chi connectivity index (χ1) is 17.6. The number of nitrogens with one attached hydrogen (secondary N) is 1. The number of hydrogen-bond donors (Lipinski definition) is 1. The molecule has 204 valence electrons. The molecule has 1 N–H and O–H groups in total. The van der Waals surface area contributed by atoms with Crippen molar-refractivity contribution in [3.05, 3.63) is 59.1 Å². The minimum atomic E-state index is -3.59. The summed E-state index contributed by atoms with van der Waals surface area (Å²) >= 11 is 6.37. The quantitative estimate of drug-likeness (QED) is 0.326. The van der Waals surface area contributed by atoms with Gasteiger partial charge >= 0.3 is 0 Å². The lowest BCUT2D eigenvalue weighted by Crippen LogP contribution is -2.49. The number of benzene rings is 2. The van der Waals surface area contributed by atoms with Crippen molar-refractivity contribution < 1.29 is 22.7 Å². The maximum Gasteiger partial charge on any atom is 0.242 e. The predicted molar refractivity (Wildman–Crippen MR) is 148 cm³/mol. The van der Waals surface area contributed by atoms with Gasteiger partial charge in [-0.15, -0.1) is 0 Å². The first-order valence-electron chi connectivity index (χ1n) is 12.5. The summed E-state index contributed by atoms with van der Waals surface area (Å²) in [6.45, 7) is 4.75. The van der Waals surface area contributed by atoms with Crippen molar-refractivity contribution in [3.63, 3.8) is 0 Å². The molecule has 2 rings (SSSR count). The number of methoxy groups -OCH3 is 1. The maximum absolute atomic E-state index is 13.5. The van der Waals surface area contributed by atoms with Crippen molar-refractivity contribution in [1.29, 1.82) is 0 Å². The Morgan fingerprint density at radius 1 is 1.08 bits per heavy atom. The molecular weight excluding hydrogens is 514 g/mol. The third-order valence-corrected chi connectivity index (χ3v) is 7.57. The SMILES string of the molecule is CCCCNC(=O)[C@H](CC)N(Cc1ccccc1Cl)C(=O)CCCN(c1cccc(OC)c1)S(C)(=O)=O. The van der Waals surface area contributed by atoms with Crippen LogP contribution in [0.15, 0.2) is 48.5 Å². The number of sulfonamides is 1. The first-order valence-corrected chi connectivity index (χ1v) is 14.8. The molecule has 0 saturated heterocycles. The molecule has 0 aromatic heterocycles. The van der Waals surface area contributed by atoms with E-state index in [4.69, 9.17) is 16.3 Å². The number of rotatable bonds is 15. The van der Waals surface area contributed by atoms with Gasteiger partial charge in [0.25, 0.3) is 0 Å². The van der Waals surface area contributed by atoms with Crippen LogP contribution in [0.1, 0.15) is 51.5 Å². The highest BCUT2D eigenvalue weighted by Gasteiger charge is 2.29. The predicted octanol–water partition coefficient (Wildman–Crippen LogP) is 4.62. The van der Waals surface area contributed by atoms with E-state index in [0.717, 1.165) is 24.7 Å². The maximum atomic E-state index is 13.5. The minimum absolute atomic E-state index is 0.0686. The van der Waals surface area contributed by atoms with E-state index in [2.05, 4.69) is 5.32 Å². The van der Waals surface area contributed by atoms with Gasteiger partial charge < -0.3 is 15.0 Å². The number of amides is 2. The number of unbranched alkanes of at least 4 members (excludes halogenated alkanes) is 1. The van der Waals surface area contributed by atoms with Gasteiger partial charge in [-0.05, 0) is 43.0 Å². The molecule has 10 heteroatoms. The lowest BCUT2D eigenvalue weighted by molar-refractivity contribution is -0.141. The van der Waals surface area contributed by atoms with Crippen molar-refractivity contribution in [3.8, 4) is 5.75 Å². The second-order valence-electron chi connectivity index (χ2n) is 8.82. The van der Waals surface area contributed by atoms with Gasteiger partial charge in [0.2, 0.25) is 21.8 Å². The van der Waals surface area contributed by atoms with E-state index in [1.165, 1.54) is 11.4 Å². The summed E-state index contributed by atoms with van der Waals surface area (Å²) in [5.41, 5.74) is 1.20. The molecule has 37 heavy (non-hydrogen) atoms. The molecule has 0 aliphatic heterocycles. The molecule has 0 unspecified atom stereocenters. The molecule has 0 heterocycles. The fourth-order valence-corrected chi connectivity index (χ4v) is 5.16. The summed E-state index contributed by atoms with van der Waals surface area (Å²) in [4.78, 5) is 28.0. The Labute approximate surface area is 226 Å². The van der Waals surface area contributed by atoms with E-state index in [-0.39, 0.29) is 37.7 Å². The highest BCUT2D eigenvalue weighted by molar-refractivity contribution is 7.92. The highest BCUT2D eigenvalue weighted by Crippen LogP contribution is 2.24. The van der Waals surface area contributed by atoms with Crippen LogP contribution in [0.2, 0.25) is 5.02 Å². The van der Waals surface area contributed by atoms with E-state index < -0.39 is 16.1 Å². The number of hydrogen-bond acceptors (Lipinski definition) is 5. The number of anilines is 1. The molecule has 2 amide bonds. The monoisotopic (exact) mass is 551 g/mol. The summed E-state index contributed by atoms with van der Waals surface area (Å²) < 4.78 is 31.5. The van der Waals surface area contributed by atoms with Crippen molar-refractivity contribution in [2.45, 2.75) is 58.5 Å². The van der Waals surface area contributed by atoms with Gasteiger partial charge in [0.15, 0.2) is 0 Å². The molecule has 0 bridgehead atoms. The lowest BCUT2D eigenvalue weighted by atomic mass is 10.1. The van der Waals surface area contributed by atoms with E-state index >= 15 is 0 Å². The summed E-state index contributed by atoms with van der Waals surface area (Å²) in [6.07, 6.45) is 3.71. The van der Waals surface area contributed by atoms with Crippen LogP contribution in [0.4, 0.5) is 5.69 Å². The van der Waals surface area contributed by atoms with Gasteiger partial charge in [-0.3, -0.25) is 13.9 Å². The average Bonchev–Trinajstić information content (AvgIpc) is 2.86. The number of ether oxygens (including phenoxy) is 1. The smallest absolute Gasteiger partial charge is 0.242 e. The highest BCUT2D eigenvalue weighted by atomic mass is 35.5. The van der Waals surface area contributed by atoms with Crippen LogP contribution in [-0.2, 0) is 26.2 Å². The molecule has 0 spiro atoms. The zero-order valence-corrected chi connectivity index (χ0v) is 23.6. The molecule has 1 atom stereocenters. The molecule has 0 aliphatic carbocycles. The summed E-state index contributed by atoms with van der Waals surface area (Å²) in [7, 11) is -2.08. The van der Waals surface area contributed by atoms with Crippen LogP contribution in [0.3, 0.4) is 0 Å². The lowest BCUT2D eigenvalue weighted by Gasteiger charge is -2.31. The Morgan fingerprint density at radius 3 is 2.43 bits per heavy atom. The van der Waals surface area contributed by atoms with Gasteiger partial charge in [0.1, 0.15) is 11.8 Å². The number of halogens is 1. The van der Waals surface area contributed by atoms with Crippen molar-refractivity contribution >= 4 is 39.1 Å². The Bertz CT molecular complexity index is 1140.